The second-order valence-electron chi connectivity index (χ2n) is 12.6. The topological polar surface area (TPSA) is 69.7 Å². The molecular weight excluding hydrogens is 566 g/mol. The first-order valence-corrected chi connectivity index (χ1v) is 17.4. The molecule has 6 nitrogen and oxygen atoms in total. The summed E-state index contributed by atoms with van der Waals surface area (Å²) in [5.74, 6) is 0.368. The van der Waals surface area contributed by atoms with Crippen molar-refractivity contribution in [3.05, 3.63) is 114 Å². The summed E-state index contributed by atoms with van der Waals surface area (Å²) >= 11 is 0. The van der Waals surface area contributed by atoms with Crippen molar-refractivity contribution in [1.29, 1.82) is 0 Å². The van der Waals surface area contributed by atoms with Crippen molar-refractivity contribution < 1.29 is 13.2 Å². The Morgan fingerprint density at radius 2 is 1.48 bits per heavy atom. The van der Waals surface area contributed by atoms with Gasteiger partial charge in [0.2, 0.25) is 15.9 Å². The van der Waals surface area contributed by atoms with Gasteiger partial charge in [-0.2, -0.15) is 0 Å². The van der Waals surface area contributed by atoms with E-state index in [1.165, 1.54) is 18.4 Å². The molecule has 6 rings (SSSR count). The first kappa shape index (κ1) is 30.5. The van der Waals surface area contributed by atoms with Crippen LogP contribution in [-0.4, -0.2) is 50.8 Å². The number of sulfonamides is 1. The summed E-state index contributed by atoms with van der Waals surface area (Å²) in [5, 5.41) is 1.84. The predicted octanol–water partition coefficient (Wildman–Crippen LogP) is 6.89. The molecule has 2 fully saturated rings. The number of carbonyl (C=O) groups excluding carboxylic acids is 1. The zero-order chi connectivity index (χ0) is 30.6. The number of hydrogen-bond acceptors (Lipinski definition) is 4. The summed E-state index contributed by atoms with van der Waals surface area (Å²) in [6.45, 7) is 3.00. The van der Waals surface area contributed by atoms with E-state index in [1.54, 1.807) is 12.1 Å². The van der Waals surface area contributed by atoms with Crippen molar-refractivity contribution in [1.82, 2.24) is 14.5 Å². The molecule has 7 heteroatoms. The molecule has 1 saturated heterocycles. The largest absolute Gasteiger partial charge is 0.345 e. The number of benzene rings is 4. The number of nitrogens with one attached hydrogen (secondary N) is 1. The Morgan fingerprint density at radius 1 is 0.864 bits per heavy atom. The molecule has 230 valence electrons. The Balaban J connectivity index is 1.13. The minimum absolute atomic E-state index is 0.0560. The highest BCUT2D eigenvalue weighted by atomic mass is 32.2. The molecule has 1 aliphatic carbocycles. The van der Waals surface area contributed by atoms with Crippen LogP contribution in [0.3, 0.4) is 0 Å². The molecule has 4 aromatic carbocycles. The van der Waals surface area contributed by atoms with Crippen LogP contribution >= 0.6 is 0 Å². The highest BCUT2D eigenvalue weighted by molar-refractivity contribution is 7.89. The SMILES string of the molecule is CN(CC1CCC(c2ccccc2)(N2CCCC2)CC1)C(=O)CC(NS(=O)(=O)c1ccc2ccccc2c1)c1ccccc1. The molecule has 44 heavy (non-hydrogen) atoms. The Morgan fingerprint density at radius 3 is 2.16 bits per heavy atom. The molecule has 1 atom stereocenters. The van der Waals surface area contributed by atoms with Crippen molar-refractivity contribution in [2.45, 2.75) is 61.4 Å². The van der Waals surface area contributed by atoms with Gasteiger partial charge >= 0.3 is 0 Å². The third-order valence-corrected chi connectivity index (χ3v) is 11.3. The summed E-state index contributed by atoms with van der Waals surface area (Å²) in [6, 6.07) is 32.5. The van der Waals surface area contributed by atoms with Gasteiger partial charge in [-0.25, -0.2) is 13.1 Å². The maximum Gasteiger partial charge on any atom is 0.241 e. The summed E-state index contributed by atoms with van der Waals surface area (Å²) < 4.78 is 30.0. The van der Waals surface area contributed by atoms with E-state index in [-0.39, 0.29) is 22.8 Å². The van der Waals surface area contributed by atoms with Crippen LogP contribution in [0.25, 0.3) is 10.8 Å². The van der Waals surface area contributed by atoms with Crippen LogP contribution in [0.2, 0.25) is 0 Å². The van der Waals surface area contributed by atoms with Crippen molar-refractivity contribution in [2.75, 3.05) is 26.7 Å². The van der Waals surface area contributed by atoms with Gasteiger partial charge in [-0.05, 0) is 91.6 Å². The lowest BCUT2D eigenvalue weighted by atomic mass is 9.71. The molecule has 1 saturated carbocycles. The zero-order valence-corrected chi connectivity index (χ0v) is 26.4. The molecule has 4 aromatic rings. The number of hydrogen-bond donors (Lipinski definition) is 1. The van der Waals surface area contributed by atoms with E-state index < -0.39 is 16.1 Å². The van der Waals surface area contributed by atoms with Gasteiger partial charge in [-0.15, -0.1) is 0 Å². The molecular formula is C37H43N3O3S. The Hall–Kier alpha value is -3.52. The summed E-state index contributed by atoms with van der Waals surface area (Å²) in [5.41, 5.74) is 2.29. The van der Waals surface area contributed by atoms with Crippen molar-refractivity contribution in [3.63, 3.8) is 0 Å². The lowest BCUT2D eigenvalue weighted by molar-refractivity contribution is -0.131. The molecule has 0 radical (unpaired) electrons. The van der Waals surface area contributed by atoms with E-state index >= 15 is 0 Å². The third-order valence-electron chi connectivity index (χ3n) is 9.82. The van der Waals surface area contributed by atoms with Crippen molar-refractivity contribution >= 4 is 26.7 Å². The van der Waals surface area contributed by atoms with E-state index in [9.17, 15) is 13.2 Å². The monoisotopic (exact) mass is 609 g/mol. The fraction of sp³-hybridized carbons (Fsp3) is 0.378. The molecule has 1 aliphatic heterocycles. The zero-order valence-electron chi connectivity index (χ0n) is 25.6. The number of rotatable bonds is 10. The van der Waals surface area contributed by atoms with Crippen LogP contribution in [0.15, 0.2) is 108 Å². The second-order valence-corrected chi connectivity index (χ2v) is 14.3. The van der Waals surface area contributed by atoms with Crippen LogP contribution < -0.4 is 4.72 Å². The van der Waals surface area contributed by atoms with Crippen LogP contribution in [-0.2, 0) is 20.4 Å². The maximum atomic E-state index is 13.6. The maximum absolute atomic E-state index is 13.6. The number of fused-ring (bicyclic) bond motifs is 1. The van der Waals surface area contributed by atoms with Crippen molar-refractivity contribution in [3.8, 4) is 0 Å². The van der Waals surface area contributed by atoms with E-state index in [0.717, 1.165) is 55.1 Å². The summed E-state index contributed by atoms with van der Waals surface area (Å²) in [6.07, 6.45) is 6.93. The first-order chi connectivity index (χ1) is 21.3. The number of carbonyl (C=O) groups is 1. The molecule has 0 bridgehead atoms. The molecule has 1 N–H and O–H groups in total. The molecule has 2 aliphatic rings. The lowest BCUT2D eigenvalue weighted by Gasteiger charge is -2.47. The summed E-state index contributed by atoms with van der Waals surface area (Å²) in [7, 11) is -2.01. The molecule has 0 spiro atoms. The molecule has 0 aromatic heterocycles. The Labute approximate surface area is 262 Å². The Kier molecular flexibility index (Phi) is 9.17. The Bertz CT molecular complexity index is 1660. The van der Waals surface area contributed by atoms with Crippen LogP contribution in [0, 0.1) is 5.92 Å². The molecule has 1 amide bonds. The highest BCUT2D eigenvalue weighted by Gasteiger charge is 2.42. The van der Waals surface area contributed by atoms with Gasteiger partial charge < -0.3 is 4.90 Å². The molecule has 1 unspecified atom stereocenters. The van der Waals surface area contributed by atoms with Gasteiger partial charge in [0.25, 0.3) is 0 Å². The number of amides is 1. The van der Waals surface area contributed by atoms with E-state index in [4.69, 9.17) is 0 Å². The van der Waals surface area contributed by atoms with Crippen LogP contribution in [0.1, 0.15) is 62.1 Å². The fourth-order valence-electron chi connectivity index (χ4n) is 7.34. The van der Waals surface area contributed by atoms with Crippen LogP contribution in [0.5, 0.6) is 0 Å². The van der Waals surface area contributed by atoms with E-state index in [2.05, 4.69) is 40.0 Å². The average molecular weight is 610 g/mol. The van der Waals surface area contributed by atoms with Crippen LogP contribution in [0.4, 0.5) is 0 Å². The number of nitrogens with zero attached hydrogens (tertiary/aromatic N) is 2. The highest BCUT2D eigenvalue weighted by Crippen LogP contribution is 2.45. The van der Waals surface area contributed by atoms with Crippen molar-refractivity contribution in [2.24, 2.45) is 5.92 Å². The number of likely N-dealkylation sites (tertiary alicyclic amines) is 1. The van der Waals surface area contributed by atoms with Gasteiger partial charge in [-0.1, -0.05) is 91.0 Å². The normalized spacial score (nSPS) is 21.7. The van der Waals surface area contributed by atoms with Gasteiger partial charge in [0.15, 0.2) is 0 Å². The quantitative estimate of drug-likeness (QED) is 0.213. The third kappa shape index (κ3) is 6.60. The van der Waals surface area contributed by atoms with Gasteiger partial charge in [-0.3, -0.25) is 9.69 Å². The van der Waals surface area contributed by atoms with E-state index in [1.807, 2.05) is 72.6 Å². The molecule has 1 heterocycles. The minimum Gasteiger partial charge on any atom is -0.345 e. The van der Waals surface area contributed by atoms with Gasteiger partial charge in [0, 0.05) is 25.6 Å². The average Bonchev–Trinajstić information content (AvgIpc) is 3.61. The predicted molar refractivity (Wildman–Crippen MR) is 177 cm³/mol. The second kappa shape index (κ2) is 13.2. The van der Waals surface area contributed by atoms with Gasteiger partial charge in [0.05, 0.1) is 10.9 Å². The first-order valence-electron chi connectivity index (χ1n) is 15.9. The standard InChI is InChI=1S/C37H43N3O3S/c1-39(28-29-20-22-37(23-21-29,40-24-10-11-25-40)33-16-6-3-7-17-33)36(41)27-35(31-13-4-2-5-14-31)38-44(42,43)34-19-18-30-12-8-9-15-32(30)26-34/h2-9,12-19,26,29,35,38H,10-11,20-25,27-28H2,1H3. The van der Waals surface area contributed by atoms with Gasteiger partial charge in [0.1, 0.15) is 0 Å². The smallest absolute Gasteiger partial charge is 0.241 e. The van der Waals surface area contributed by atoms with E-state index in [0.29, 0.717) is 12.5 Å². The summed E-state index contributed by atoms with van der Waals surface area (Å²) in [4.78, 5) is 18.4. The minimum atomic E-state index is -3.87. The lowest BCUT2D eigenvalue weighted by Crippen LogP contribution is -2.48. The fourth-order valence-corrected chi connectivity index (χ4v) is 8.60.